The van der Waals surface area contributed by atoms with Gasteiger partial charge in [-0.2, -0.15) is 5.26 Å². The van der Waals surface area contributed by atoms with Crippen molar-refractivity contribution in [2.75, 3.05) is 17.5 Å². The van der Waals surface area contributed by atoms with Crippen LogP contribution in [0.25, 0.3) is 0 Å². The minimum Gasteiger partial charge on any atom is -0.489 e. The number of nitriles is 1. The fraction of sp³-hybridized carbons (Fsp3) is 0.235. The van der Waals surface area contributed by atoms with E-state index in [-0.39, 0.29) is 23.6 Å². The van der Waals surface area contributed by atoms with Crippen molar-refractivity contribution in [3.05, 3.63) is 53.1 Å². The van der Waals surface area contributed by atoms with Gasteiger partial charge in [0, 0.05) is 0 Å². The van der Waals surface area contributed by atoms with E-state index >= 15 is 0 Å². The predicted octanol–water partition coefficient (Wildman–Crippen LogP) is 2.76. The molecule has 0 spiro atoms. The molecule has 0 aromatic heterocycles. The fourth-order valence-electron chi connectivity index (χ4n) is 2.84. The highest BCUT2D eigenvalue weighted by atomic mass is 32.2. The molecule has 23 heavy (non-hydrogen) atoms. The molecule has 0 aliphatic carbocycles. The van der Waals surface area contributed by atoms with Gasteiger partial charge in [0.15, 0.2) is 0 Å². The number of sulfonamides is 1. The second-order valence-corrected chi connectivity index (χ2v) is 7.29. The Morgan fingerprint density at radius 2 is 1.96 bits per heavy atom. The van der Waals surface area contributed by atoms with Gasteiger partial charge in [0.1, 0.15) is 23.3 Å². The van der Waals surface area contributed by atoms with E-state index in [4.69, 9.17) is 4.74 Å². The largest absolute Gasteiger partial charge is 0.489 e. The number of nitrogens with zero attached hydrogens (tertiary/aromatic N) is 2. The molecule has 1 aliphatic rings. The van der Waals surface area contributed by atoms with Gasteiger partial charge in [-0.05, 0) is 43.2 Å². The lowest BCUT2D eigenvalue weighted by atomic mass is 10.1. The highest BCUT2D eigenvalue weighted by Gasteiger charge is 2.33. The number of benzene rings is 2. The van der Waals surface area contributed by atoms with Crippen molar-refractivity contribution in [1.29, 1.82) is 5.26 Å². The Morgan fingerprint density at radius 1 is 1.22 bits per heavy atom. The minimum absolute atomic E-state index is 0.0234. The molecule has 1 aliphatic heterocycles. The SMILES string of the molecule is Cc1cc(C)c2c(c1)OCCN2S(=O)(=O)c1ccccc1C#N. The summed E-state index contributed by atoms with van der Waals surface area (Å²) < 4.78 is 33.1. The van der Waals surface area contributed by atoms with Crippen LogP contribution in [0.2, 0.25) is 0 Å². The first-order valence-corrected chi connectivity index (χ1v) is 8.65. The zero-order valence-electron chi connectivity index (χ0n) is 12.9. The molecule has 6 heteroatoms. The van der Waals surface area contributed by atoms with Crippen LogP contribution in [0.3, 0.4) is 0 Å². The van der Waals surface area contributed by atoms with E-state index in [0.717, 1.165) is 11.1 Å². The highest BCUT2D eigenvalue weighted by Crippen LogP contribution is 2.39. The van der Waals surface area contributed by atoms with Crippen molar-refractivity contribution in [2.24, 2.45) is 0 Å². The van der Waals surface area contributed by atoms with Crippen LogP contribution in [0.1, 0.15) is 16.7 Å². The Labute approximate surface area is 135 Å². The Kier molecular flexibility index (Phi) is 3.74. The number of aryl methyl sites for hydroxylation is 2. The Morgan fingerprint density at radius 3 is 2.70 bits per heavy atom. The van der Waals surface area contributed by atoms with Gasteiger partial charge in [0.2, 0.25) is 0 Å². The van der Waals surface area contributed by atoms with Crippen LogP contribution in [0, 0.1) is 25.2 Å². The summed E-state index contributed by atoms with van der Waals surface area (Å²) >= 11 is 0. The first-order chi connectivity index (χ1) is 10.9. The van der Waals surface area contributed by atoms with Crippen molar-refractivity contribution < 1.29 is 13.2 Å². The standard InChI is InChI=1S/C17H16N2O3S/c1-12-9-13(2)17-15(10-12)22-8-7-19(17)23(20,21)16-6-4-3-5-14(16)11-18/h3-6,9-10H,7-8H2,1-2H3. The Bertz CT molecular complexity index is 914. The van der Waals surface area contributed by atoms with Gasteiger partial charge in [0.25, 0.3) is 10.0 Å². The molecule has 2 aromatic rings. The van der Waals surface area contributed by atoms with Gasteiger partial charge < -0.3 is 4.74 Å². The van der Waals surface area contributed by atoms with E-state index in [0.29, 0.717) is 11.4 Å². The zero-order chi connectivity index (χ0) is 16.6. The van der Waals surface area contributed by atoms with Crippen LogP contribution in [0.15, 0.2) is 41.3 Å². The molecule has 0 bridgehead atoms. The second-order valence-electron chi connectivity index (χ2n) is 5.46. The van der Waals surface area contributed by atoms with Crippen LogP contribution in [0.5, 0.6) is 5.75 Å². The molecule has 3 rings (SSSR count). The van der Waals surface area contributed by atoms with E-state index in [1.165, 1.54) is 16.4 Å². The predicted molar refractivity (Wildman–Crippen MR) is 87.1 cm³/mol. The second kappa shape index (κ2) is 5.60. The summed E-state index contributed by atoms with van der Waals surface area (Å²) in [6.07, 6.45) is 0. The summed E-state index contributed by atoms with van der Waals surface area (Å²) in [5.41, 5.74) is 2.54. The van der Waals surface area contributed by atoms with Crippen molar-refractivity contribution in [2.45, 2.75) is 18.7 Å². The zero-order valence-corrected chi connectivity index (χ0v) is 13.7. The first-order valence-electron chi connectivity index (χ1n) is 7.21. The summed E-state index contributed by atoms with van der Waals surface area (Å²) in [5.74, 6) is 0.562. The summed E-state index contributed by atoms with van der Waals surface area (Å²) in [7, 11) is -3.82. The first kappa shape index (κ1) is 15.4. The molecular weight excluding hydrogens is 312 g/mol. The lowest BCUT2D eigenvalue weighted by Crippen LogP contribution is -2.38. The lowest BCUT2D eigenvalue weighted by molar-refractivity contribution is 0.315. The summed E-state index contributed by atoms with van der Waals surface area (Å²) in [6, 6.07) is 12.0. The maximum absolute atomic E-state index is 13.1. The Balaban J connectivity index is 2.20. The average molecular weight is 328 g/mol. The van der Waals surface area contributed by atoms with Crippen molar-refractivity contribution >= 4 is 15.7 Å². The smallest absolute Gasteiger partial charge is 0.265 e. The van der Waals surface area contributed by atoms with Gasteiger partial charge in [-0.3, -0.25) is 4.31 Å². The molecule has 0 unspecified atom stereocenters. The third-order valence-corrected chi connectivity index (χ3v) is 5.64. The summed E-state index contributed by atoms with van der Waals surface area (Å²) in [6.45, 7) is 4.30. The van der Waals surface area contributed by atoms with Crippen LogP contribution in [-0.4, -0.2) is 21.6 Å². The van der Waals surface area contributed by atoms with Crippen molar-refractivity contribution in [1.82, 2.24) is 0 Å². The molecular formula is C17H16N2O3S. The molecule has 0 fully saturated rings. The molecule has 0 saturated heterocycles. The third-order valence-electron chi connectivity index (χ3n) is 3.79. The summed E-state index contributed by atoms with van der Waals surface area (Å²) in [4.78, 5) is 0.0234. The van der Waals surface area contributed by atoms with Gasteiger partial charge in [-0.15, -0.1) is 0 Å². The van der Waals surface area contributed by atoms with E-state index in [9.17, 15) is 13.7 Å². The van der Waals surface area contributed by atoms with Gasteiger partial charge in [-0.25, -0.2) is 8.42 Å². The van der Waals surface area contributed by atoms with Gasteiger partial charge in [-0.1, -0.05) is 18.2 Å². The van der Waals surface area contributed by atoms with E-state index < -0.39 is 10.0 Å². The third kappa shape index (κ3) is 2.53. The summed E-state index contributed by atoms with van der Waals surface area (Å²) in [5, 5.41) is 9.21. The van der Waals surface area contributed by atoms with E-state index in [1.807, 2.05) is 32.0 Å². The molecule has 0 saturated carbocycles. The number of hydrogen-bond donors (Lipinski definition) is 0. The number of fused-ring (bicyclic) bond motifs is 1. The Hall–Kier alpha value is -2.52. The number of anilines is 1. The van der Waals surface area contributed by atoms with Crippen LogP contribution < -0.4 is 9.04 Å². The molecule has 0 atom stereocenters. The fourth-order valence-corrected chi connectivity index (χ4v) is 4.51. The molecule has 5 nitrogen and oxygen atoms in total. The number of hydrogen-bond acceptors (Lipinski definition) is 4. The normalized spacial score (nSPS) is 13.9. The monoisotopic (exact) mass is 328 g/mol. The molecule has 0 amide bonds. The van der Waals surface area contributed by atoms with Crippen molar-refractivity contribution in [3.63, 3.8) is 0 Å². The minimum atomic E-state index is -3.82. The van der Waals surface area contributed by atoms with Crippen LogP contribution in [0.4, 0.5) is 5.69 Å². The number of rotatable bonds is 2. The van der Waals surface area contributed by atoms with Crippen molar-refractivity contribution in [3.8, 4) is 11.8 Å². The topological polar surface area (TPSA) is 70.4 Å². The molecule has 2 aromatic carbocycles. The van der Waals surface area contributed by atoms with E-state index in [1.54, 1.807) is 12.1 Å². The molecule has 0 radical (unpaired) electrons. The average Bonchev–Trinajstić information content (AvgIpc) is 2.53. The maximum atomic E-state index is 13.1. The maximum Gasteiger partial charge on any atom is 0.265 e. The van der Waals surface area contributed by atoms with Crippen LogP contribution >= 0.6 is 0 Å². The lowest BCUT2D eigenvalue weighted by Gasteiger charge is -2.32. The van der Waals surface area contributed by atoms with Gasteiger partial charge in [0.05, 0.1) is 17.8 Å². The number of ether oxygens (including phenoxy) is 1. The quantitative estimate of drug-likeness (QED) is 0.850. The molecule has 1 heterocycles. The van der Waals surface area contributed by atoms with Crippen LogP contribution in [-0.2, 0) is 10.0 Å². The highest BCUT2D eigenvalue weighted by molar-refractivity contribution is 7.93. The molecule has 0 N–H and O–H groups in total. The molecule has 118 valence electrons. The van der Waals surface area contributed by atoms with Gasteiger partial charge >= 0.3 is 0 Å². The van der Waals surface area contributed by atoms with E-state index in [2.05, 4.69) is 0 Å².